The summed E-state index contributed by atoms with van der Waals surface area (Å²) in [5.41, 5.74) is 0.905. The van der Waals surface area contributed by atoms with Crippen molar-refractivity contribution in [2.75, 3.05) is 17.2 Å². The highest BCUT2D eigenvalue weighted by Crippen LogP contribution is 2.32. The van der Waals surface area contributed by atoms with Gasteiger partial charge in [-0.3, -0.25) is 24.3 Å². The molecule has 1 aliphatic heterocycles. The van der Waals surface area contributed by atoms with E-state index in [1.165, 1.54) is 17.0 Å². The highest BCUT2D eigenvalue weighted by atomic mass is 32.2. The number of nitro benzene ring substituents is 1. The van der Waals surface area contributed by atoms with Crippen molar-refractivity contribution in [2.24, 2.45) is 0 Å². The van der Waals surface area contributed by atoms with Crippen molar-refractivity contribution in [3.05, 3.63) is 98.3 Å². The quantitative estimate of drug-likeness (QED) is 0.178. The average molecular weight is 494 g/mol. The number of nitro groups is 1. The number of hydrogen-bond donors (Lipinski definition) is 0. The number of nitrogens with zero attached hydrogens (tertiary/aromatic N) is 4. The van der Waals surface area contributed by atoms with Gasteiger partial charge in [0.05, 0.1) is 27.3 Å². The fraction of sp³-hybridized carbons (Fsp3) is 0.125. The Bertz CT molecular complexity index is 1570. The fourth-order valence-corrected chi connectivity index (χ4v) is 4.93. The summed E-state index contributed by atoms with van der Waals surface area (Å²) in [4.78, 5) is 42.8. The van der Waals surface area contributed by atoms with Crippen molar-refractivity contribution in [3.8, 4) is 5.69 Å². The van der Waals surface area contributed by atoms with Crippen LogP contribution in [0.2, 0.25) is 0 Å². The van der Waals surface area contributed by atoms with E-state index < -0.39 is 22.1 Å². The van der Waals surface area contributed by atoms with Crippen molar-refractivity contribution < 1.29 is 18.5 Å². The van der Waals surface area contributed by atoms with Gasteiger partial charge in [0.2, 0.25) is 5.91 Å². The van der Waals surface area contributed by atoms with Crippen LogP contribution in [0, 0.1) is 21.7 Å². The average Bonchev–Trinajstić information content (AvgIpc) is 3.27. The van der Waals surface area contributed by atoms with Crippen LogP contribution < -0.4 is 10.5 Å². The molecule has 0 unspecified atom stereocenters. The van der Waals surface area contributed by atoms with Gasteiger partial charge in [-0.1, -0.05) is 23.9 Å². The minimum absolute atomic E-state index is 0.0434. The van der Waals surface area contributed by atoms with Gasteiger partial charge in [-0.05, 0) is 42.3 Å². The summed E-state index contributed by atoms with van der Waals surface area (Å²) in [6.07, 6.45) is 0.479. The molecule has 11 heteroatoms. The molecular formula is C24H16F2N4O4S. The molecule has 0 N–H and O–H groups in total. The SMILES string of the molecule is O=C(CSc1nc2ccccc2c(=O)n1-c1ccc(F)cc1F)N1CCc2cc([N+](=O)[O-])ccc21. The first-order chi connectivity index (χ1) is 16.8. The van der Waals surface area contributed by atoms with Crippen molar-refractivity contribution in [2.45, 2.75) is 11.6 Å². The molecule has 0 spiro atoms. The zero-order valence-corrected chi connectivity index (χ0v) is 18.8. The number of anilines is 1. The lowest BCUT2D eigenvalue weighted by Gasteiger charge is -2.18. The third-order valence-electron chi connectivity index (χ3n) is 5.69. The maximum atomic E-state index is 14.6. The second-order valence-electron chi connectivity index (χ2n) is 7.80. The molecule has 0 aliphatic carbocycles. The van der Waals surface area contributed by atoms with Gasteiger partial charge in [-0.2, -0.15) is 0 Å². The number of thioether (sulfide) groups is 1. The van der Waals surface area contributed by atoms with E-state index in [9.17, 15) is 28.5 Å². The van der Waals surface area contributed by atoms with Crippen LogP contribution in [0.4, 0.5) is 20.2 Å². The zero-order chi connectivity index (χ0) is 24.7. The van der Waals surface area contributed by atoms with Crippen LogP contribution >= 0.6 is 11.8 Å². The van der Waals surface area contributed by atoms with E-state index >= 15 is 0 Å². The summed E-state index contributed by atoms with van der Waals surface area (Å²) in [5, 5.41) is 11.4. The first kappa shape index (κ1) is 22.7. The fourth-order valence-electron chi connectivity index (χ4n) is 4.05. The third kappa shape index (κ3) is 4.14. The Hall–Kier alpha value is -4.12. The number of fused-ring (bicyclic) bond motifs is 2. The predicted octanol–water partition coefficient (Wildman–Crippen LogP) is 4.25. The molecule has 0 fully saturated rings. The molecule has 0 saturated carbocycles. The van der Waals surface area contributed by atoms with E-state index in [1.807, 2.05) is 0 Å². The minimum Gasteiger partial charge on any atom is -0.311 e. The maximum Gasteiger partial charge on any atom is 0.269 e. The Balaban J connectivity index is 1.49. The summed E-state index contributed by atoms with van der Waals surface area (Å²) in [7, 11) is 0. The van der Waals surface area contributed by atoms with E-state index in [-0.39, 0.29) is 33.6 Å². The molecule has 0 bridgehead atoms. The Labute approximate surface area is 201 Å². The molecule has 2 heterocycles. The topological polar surface area (TPSA) is 98.3 Å². The first-order valence-corrected chi connectivity index (χ1v) is 11.5. The van der Waals surface area contributed by atoms with Gasteiger partial charge in [-0.25, -0.2) is 13.8 Å². The van der Waals surface area contributed by atoms with Gasteiger partial charge in [0.15, 0.2) is 5.16 Å². The van der Waals surface area contributed by atoms with Crippen molar-refractivity contribution >= 4 is 39.9 Å². The largest absolute Gasteiger partial charge is 0.311 e. The molecule has 176 valence electrons. The highest BCUT2D eigenvalue weighted by Gasteiger charge is 2.27. The van der Waals surface area contributed by atoms with Crippen molar-refractivity contribution in [1.29, 1.82) is 0 Å². The minimum atomic E-state index is -0.938. The van der Waals surface area contributed by atoms with Gasteiger partial charge < -0.3 is 4.90 Å². The molecule has 5 rings (SSSR count). The van der Waals surface area contributed by atoms with Gasteiger partial charge in [0.1, 0.15) is 11.6 Å². The first-order valence-electron chi connectivity index (χ1n) is 10.5. The molecule has 1 aliphatic rings. The molecule has 1 aromatic heterocycles. The number of carbonyl (C=O) groups is 1. The summed E-state index contributed by atoms with van der Waals surface area (Å²) in [6, 6.07) is 13.8. The van der Waals surface area contributed by atoms with Gasteiger partial charge in [0, 0.05) is 30.4 Å². The normalized spacial score (nSPS) is 12.7. The van der Waals surface area contributed by atoms with Crippen LogP contribution in [0.1, 0.15) is 5.56 Å². The van der Waals surface area contributed by atoms with Crippen LogP contribution in [0.5, 0.6) is 0 Å². The van der Waals surface area contributed by atoms with Crippen LogP contribution in [0.25, 0.3) is 16.6 Å². The van der Waals surface area contributed by atoms with Crippen LogP contribution in [-0.4, -0.2) is 32.7 Å². The van der Waals surface area contributed by atoms with E-state index in [2.05, 4.69) is 4.98 Å². The number of carbonyl (C=O) groups excluding carboxylic acids is 1. The number of benzene rings is 3. The highest BCUT2D eigenvalue weighted by molar-refractivity contribution is 7.99. The number of rotatable bonds is 5. The molecule has 1 amide bonds. The maximum absolute atomic E-state index is 14.6. The second kappa shape index (κ2) is 8.91. The Kier molecular flexibility index (Phi) is 5.77. The smallest absolute Gasteiger partial charge is 0.269 e. The monoisotopic (exact) mass is 494 g/mol. The summed E-state index contributed by atoms with van der Waals surface area (Å²) < 4.78 is 29.2. The van der Waals surface area contributed by atoms with E-state index in [1.54, 1.807) is 30.3 Å². The van der Waals surface area contributed by atoms with Crippen LogP contribution in [0.3, 0.4) is 0 Å². The lowest BCUT2D eigenvalue weighted by molar-refractivity contribution is -0.384. The summed E-state index contributed by atoms with van der Waals surface area (Å²) in [5.74, 6) is -2.14. The predicted molar refractivity (Wildman–Crippen MR) is 127 cm³/mol. The summed E-state index contributed by atoms with van der Waals surface area (Å²) in [6.45, 7) is 0.362. The van der Waals surface area contributed by atoms with Crippen LogP contribution in [0.15, 0.2) is 70.6 Å². The molecule has 0 saturated heterocycles. The van der Waals surface area contributed by atoms with E-state index in [4.69, 9.17) is 0 Å². The molecule has 35 heavy (non-hydrogen) atoms. The molecule has 0 radical (unpaired) electrons. The van der Waals surface area contributed by atoms with Crippen LogP contribution in [-0.2, 0) is 11.2 Å². The Morgan fingerprint density at radius 1 is 1.09 bits per heavy atom. The standard InChI is InChI=1S/C24H16F2N4O4S/c25-15-5-7-21(18(26)12-15)29-23(32)17-3-1-2-4-19(17)27-24(29)35-13-22(31)28-10-9-14-11-16(30(33)34)6-8-20(14)28/h1-8,11-12H,9-10,13H2. The molecule has 4 aromatic rings. The lowest BCUT2D eigenvalue weighted by atomic mass is 10.1. The molecule has 3 aromatic carbocycles. The van der Waals surface area contributed by atoms with E-state index in [0.717, 1.165) is 28.5 Å². The molecular weight excluding hydrogens is 478 g/mol. The third-order valence-corrected chi connectivity index (χ3v) is 6.61. The van der Waals surface area contributed by atoms with Gasteiger partial charge in [0.25, 0.3) is 11.2 Å². The van der Waals surface area contributed by atoms with Gasteiger partial charge >= 0.3 is 0 Å². The number of halogens is 2. The van der Waals surface area contributed by atoms with Crippen molar-refractivity contribution in [3.63, 3.8) is 0 Å². The van der Waals surface area contributed by atoms with Gasteiger partial charge in [-0.15, -0.1) is 0 Å². The Morgan fingerprint density at radius 3 is 2.63 bits per heavy atom. The van der Waals surface area contributed by atoms with Crippen molar-refractivity contribution in [1.82, 2.24) is 9.55 Å². The molecule has 0 atom stereocenters. The number of para-hydroxylation sites is 1. The zero-order valence-electron chi connectivity index (χ0n) is 18.0. The number of hydrogen-bond acceptors (Lipinski definition) is 6. The second-order valence-corrected chi connectivity index (χ2v) is 8.74. The lowest BCUT2D eigenvalue weighted by Crippen LogP contribution is -2.31. The Morgan fingerprint density at radius 2 is 1.86 bits per heavy atom. The molecule has 8 nitrogen and oxygen atoms in total. The number of aromatic nitrogens is 2. The number of non-ortho nitro benzene ring substituents is 1. The van der Waals surface area contributed by atoms with E-state index in [0.29, 0.717) is 35.8 Å². The summed E-state index contributed by atoms with van der Waals surface area (Å²) >= 11 is 0.953. The number of amides is 1.